The zero-order chi connectivity index (χ0) is 38.1. The van der Waals surface area contributed by atoms with E-state index in [1.807, 2.05) is 0 Å². The number of rotatable bonds is 3. The first-order chi connectivity index (χ1) is 28.4. The van der Waals surface area contributed by atoms with Gasteiger partial charge in [0.25, 0.3) is 0 Å². The minimum absolute atomic E-state index is 0.150. The van der Waals surface area contributed by atoms with Crippen molar-refractivity contribution in [3.05, 3.63) is 150 Å². The van der Waals surface area contributed by atoms with Crippen LogP contribution < -0.4 is 14.7 Å². The second kappa shape index (κ2) is 10.8. The minimum Gasteiger partial charge on any atom is -0.437 e. The summed E-state index contributed by atoms with van der Waals surface area (Å²) in [7, 11) is 0. The molecule has 4 bridgehead atoms. The second-order valence-corrected chi connectivity index (χ2v) is 18.8. The molecule has 8 aromatic rings. The normalized spacial score (nSPS) is 23.9. The molecule has 2 aliphatic heterocycles. The summed E-state index contributed by atoms with van der Waals surface area (Å²) in [5.74, 6) is 4.12. The molecule has 0 saturated heterocycles. The molecule has 0 atom stereocenters. The molecule has 7 aliphatic rings. The van der Waals surface area contributed by atoms with Crippen LogP contribution in [0.3, 0.4) is 0 Å². The van der Waals surface area contributed by atoms with Gasteiger partial charge in [0.1, 0.15) is 22.5 Å². The van der Waals surface area contributed by atoms with Gasteiger partial charge in [-0.05, 0) is 144 Å². The van der Waals surface area contributed by atoms with Gasteiger partial charge >= 0.3 is 0 Å². The lowest BCUT2D eigenvalue weighted by atomic mass is 9.48. The minimum atomic E-state index is -0.150. The lowest BCUT2D eigenvalue weighted by Gasteiger charge is -2.57. The average Bonchev–Trinajstić information content (AvgIpc) is 3.89. The van der Waals surface area contributed by atoms with Crippen molar-refractivity contribution in [2.45, 2.75) is 63.2 Å². The zero-order valence-corrected chi connectivity index (χ0v) is 32.8. The van der Waals surface area contributed by atoms with Gasteiger partial charge < -0.3 is 13.7 Å². The molecule has 0 spiro atoms. The molecule has 4 heterocycles. The second-order valence-electron chi connectivity index (χ2n) is 18.8. The molecule has 5 heteroatoms. The van der Waals surface area contributed by atoms with E-state index in [0.29, 0.717) is 0 Å². The zero-order valence-electron chi connectivity index (χ0n) is 32.8. The fourth-order valence-electron chi connectivity index (χ4n) is 13.3. The fraction of sp³-hybridized carbons (Fsp3) is 0.245. The predicted molar refractivity (Wildman–Crippen MR) is 235 cm³/mol. The Hall–Kier alpha value is -6.20. The van der Waals surface area contributed by atoms with Crippen molar-refractivity contribution in [2.24, 2.45) is 17.8 Å². The van der Waals surface area contributed by atoms with Crippen molar-refractivity contribution < 1.29 is 8.83 Å². The van der Waals surface area contributed by atoms with Crippen LogP contribution in [0, 0.1) is 17.8 Å². The molecule has 2 aromatic heterocycles. The van der Waals surface area contributed by atoms with E-state index in [4.69, 9.17) is 8.83 Å². The molecule has 0 unspecified atom stereocenters. The highest BCUT2D eigenvalue weighted by Gasteiger charge is 2.54. The summed E-state index contributed by atoms with van der Waals surface area (Å²) in [6.07, 6.45) is 8.08. The van der Waals surface area contributed by atoms with Gasteiger partial charge in [-0.15, -0.1) is 0 Å². The standard InChI is InChI=1S/C53H43N3O2/c1-52(2)39-19-11-9-17-37(39)45-40(52)21-22-44-46(45)49-51(58-44)56-47-38-18-10-12-20-43(38)57-50(47)55(36-15-7-4-8-16-36)42-27-34(53-28-31-23-32(29-53)25-33(24-31)30-53)26-41(48(42)56)54(49)35-13-5-3-6-14-35/h3-22,26-27,31-33H,23-25,28-30H2,1-2H3. The summed E-state index contributed by atoms with van der Waals surface area (Å²) < 4.78 is 14.4. The topological polar surface area (TPSA) is 36.0 Å². The maximum absolute atomic E-state index is 7.37. The van der Waals surface area contributed by atoms with Crippen molar-refractivity contribution in [2.75, 3.05) is 14.7 Å². The largest absolute Gasteiger partial charge is 0.437 e. The third kappa shape index (κ3) is 3.93. The molecule has 6 aromatic carbocycles. The molecule has 15 rings (SSSR count). The Kier molecular flexibility index (Phi) is 5.95. The maximum atomic E-state index is 7.37. The van der Waals surface area contributed by atoms with E-state index in [1.165, 1.54) is 77.4 Å². The number of anilines is 9. The first-order valence-corrected chi connectivity index (χ1v) is 21.4. The summed E-state index contributed by atoms with van der Waals surface area (Å²) in [5.41, 5.74) is 16.3. The van der Waals surface area contributed by atoms with Crippen LogP contribution in [0.25, 0.3) is 33.1 Å². The van der Waals surface area contributed by atoms with Crippen LogP contribution in [-0.4, -0.2) is 0 Å². The van der Waals surface area contributed by atoms with Gasteiger partial charge in [0.15, 0.2) is 0 Å². The van der Waals surface area contributed by atoms with E-state index in [2.05, 4.69) is 162 Å². The van der Waals surface area contributed by atoms with Gasteiger partial charge in [-0.2, -0.15) is 0 Å². The summed E-state index contributed by atoms with van der Waals surface area (Å²) in [6.45, 7) is 4.74. The molecule has 5 nitrogen and oxygen atoms in total. The molecule has 58 heavy (non-hydrogen) atoms. The maximum Gasteiger partial charge on any atom is 0.230 e. The highest BCUT2D eigenvalue weighted by molar-refractivity contribution is 6.22. The van der Waals surface area contributed by atoms with E-state index in [0.717, 1.165) is 80.2 Å². The molecular weight excluding hydrogens is 711 g/mol. The van der Waals surface area contributed by atoms with Crippen LogP contribution >= 0.6 is 0 Å². The fourth-order valence-corrected chi connectivity index (χ4v) is 13.3. The van der Waals surface area contributed by atoms with E-state index < -0.39 is 0 Å². The molecule has 0 amide bonds. The summed E-state index contributed by atoms with van der Waals surface area (Å²) >= 11 is 0. The first kappa shape index (κ1) is 31.8. The molecule has 5 aliphatic carbocycles. The van der Waals surface area contributed by atoms with Gasteiger partial charge in [0.05, 0.1) is 22.4 Å². The summed E-state index contributed by atoms with van der Waals surface area (Å²) in [4.78, 5) is 7.40. The summed E-state index contributed by atoms with van der Waals surface area (Å²) in [6, 6.07) is 49.1. The number of fused-ring (bicyclic) bond motifs is 12. The Morgan fingerprint density at radius 2 is 1.10 bits per heavy atom. The van der Waals surface area contributed by atoms with Gasteiger partial charge in [0, 0.05) is 22.2 Å². The van der Waals surface area contributed by atoms with Gasteiger partial charge in [-0.1, -0.05) is 92.7 Å². The number of para-hydroxylation sites is 3. The van der Waals surface area contributed by atoms with Crippen LogP contribution in [0.5, 0.6) is 0 Å². The Labute approximate surface area is 338 Å². The molecular formula is C53H43N3O2. The monoisotopic (exact) mass is 753 g/mol. The van der Waals surface area contributed by atoms with Crippen molar-refractivity contribution in [1.82, 2.24) is 0 Å². The Morgan fingerprint density at radius 3 is 1.83 bits per heavy atom. The van der Waals surface area contributed by atoms with E-state index in [1.54, 1.807) is 0 Å². The lowest BCUT2D eigenvalue weighted by molar-refractivity contribution is -0.00514. The van der Waals surface area contributed by atoms with Gasteiger partial charge in [-0.3, -0.25) is 9.80 Å². The third-order valence-electron chi connectivity index (χ3n) is 15.2. The Morgan fingerprint density at radius 1 is 0.517 bits per heavy atom. The van der Waals surface area contributed by atoms with Crippen LogP contribution in [0.15, 0.2) is 142 Å². The number of hydrogen-bond donors (Lipinski definition) is 0. The Balaban J connectivity index is 1.15. The van der Waals surface area contributed by atoms with Crippen LogP contribution in [0.1, 0.15) is 69.1 Å². The van der Waals surface area contributed by atoms with E-state index in [-0.39, 0.29) is 10.8 Å². The lowest BCUT2D eigenvalue weighted by Crippen LogP contribution is -2.48. The molecule has 0 N–H and O–H groups in total. The van der Waals surface area contributed by atoms with Crippen LogP contribution in [0.2, 0.25) is 0 Å². The highest BCUT2D eigenvalue weighted by atomic mass is 16.4. The van der Waals surface area contributed by atoms with Gasteiger partial charge in [0.2, 0.25) is 11.8 Å². The average molecular weight is 754 g/mol. The number of hydrogen-bond acceptors (Lipinski definition) is 5. The van der Waals surface area contributed by atoms with Crippen molar-refractivity contribution in [3.63, 3.8) is 0 Å². The summed E-state index contributed by atoms with van der Waals surface area (Å²) in [5, 5.41) is 2.23. The van der Waals surface area contributed by atoms with Crippen molar-refractivity contribution in [1.29, 1.82) is 0 Å². The predicted octanol–water partition coefficient (Wildman–Crippen LogP) is 15.0. The van der Waals surface area contributed by atoms with Gasteiger partial charge in [-0.25, -0.2) is 0 Å². The number of benzene rings is 6. The SMILES string of the molecule is CC1(C)c2ccccc2-c2c1ccc1oc3c(c21)N(c1ccccc1)c1cc(C24CC5CC(CC(C5)C2)C4)cc2c1N3c1c(oc3ccccc13)N2c1ccccc1. The van der Waals surface area contributed by atoms with E-state index in [9.17, 15) is 0 Å². The number of nitrogens with zero attached hydrogens (tertiary/aromatic N) is 3. The third-order valence-corrected chi connectivity index (χ3v) is 15.2. The molecule has 4 fully saturated rings. The van der Waals surface area contributed by atoms with E-state index >= 15 is 0 Å². The quantitative estimate of drug-likeness (QED) is 0.180. The van der Waals surface area contributed by atoms with Crippen LogP contribution in [-0.2, 0) is 10.8 Å². The molecule has 4 saturated carbocycles. The smallest absolute Gasteiger partial charge is 0.230 e. The van der Waals surface area contributed by atoms with Crippen LogP contribution in [0.4, 0.5) is 51.6 Å². The molecule has 0 radical (unpaired) electrons. The first-order valence-electron chi connectivity index (χ1n) is 21.4. The highest BCUT2D eigenvalue weighted by Crippen LogP contribution is 2.70. The van der Waals surface area contributed by atoms with Crippen molar-refractivity contribution in [3.8, 4) is 11.1 Å². The Bertz CT molecular complexity index is 3010. The van der Waals surface area contributed by atoms with Crippen molar-refractivity contribution >= 4 is 73.5 Å². The molecule has 282 valence electrons. The number of furan rings is 2.